The van der Waals surface area contributed by atoms with Gasteiger partial charge in [0.1, 0.15) is 11.9 Å². The first-order chi connectivity index (χ1) is 22.7. The van der Waals surface area contributed by atoms with Gasteiger partial charge in [0.25, 0.3) is 11.5 Å². The molecule has 0 fully saturated rings. The minimum atomic E-state index is -4.81. The summed E-state index contributed by atoms with van der Waals surface area (Å²) in [4.78, 5) is 41.0. The van der Waals surface area contributed by atoms with Crippen LogP contribution >= 0.6 is 0 Å². The van der Waals surface area contributed by atoms with E-state index < -0.39 is 65.8 Å². The van der Waals surface area contributed by atoms with Crippen LogP contribution in [-0.2, 0) is 34.5 Å². The number of pyridine rings is 1. The number of carbonyl (C=O) groups excluding carboxylic acids is 1. The summed E-state index contributed by atoms with van der Waals surface area (Å²) in [6.45, 7) is 6.92. The van der Waals surface area contributed by atoms with Crippen molar-refractivity contribution < 1.29 is 41.0 Å². The molecule has 1 aliphatic rings. The number of aryl methyl sites for hydroxylation is 3. The Bertz CT molecular complexity index is 1780. The van der Waals surface area contributed by atoms with Gasteiger partial charge in [-0.05, 0) is 110 Å². The fourth-order valence-corrected chi connectivity index (χ4v) is 6.64. The van der Waals surface area contributed by atoms with Crippen molar-refractivity contribution in [3.63, 3.8) is 0 Å². The van der Waals surface area contributed by atoms with Gasteiger partial charge in [-0.3, -0.25) is 14.4 Å². The average Bonchev–Trinajstić information content (AvgIpc) is 3.27. The Morgan fingerprint density at radius 3 is 2.24 bits per heavy atom. The number of aliphatic carboxylic acids is 1. The molecule has 0 spiro atoms. The smallest absolute Gasteiger partial charge is 0.416 e. The van der Waals surface area contributed by atoms with Gasteiger partial charge in [0.05, 0.1) is 18.0 Å². The quantitative estimate of drug-likeness (QED) is 0.194. The molecule has 0 saturated carbocycles. The predicted molar refractivity (Wildman–Crippen MR) is 173 cm³/mol. The van der Waals surface area contributed by atoms with Crippen molar-refractivity contribution in [2.45, 2.75) is 84.0 Å². The summed E-state index contributed by atoms with van der Waals surface area (Å²) in [5.41, 5.74) is -0.874. The van der Waals surface area contributed by atoms with Crippen molar-refractivity contribution in [2.75, 3.05) is 20.6 Å². The van der Waals surface area contributed by atoms with Crippen LogP contribution in [-0.4, -0.2) is 47.1 Å². The summed E-state index contributed by atoms with van der Waals surface area (Å²) in [5, 5.41) is 12.5. The molecule has 1 heterocycles. The number of rotatable bonds is 12. The number of alkyl halides is 5. The van der Waals surface area contributed by atoms with Crippen LogP contribution in [0.5, 0.6) is 0 Å². The zero-order valence-corrected chi connectivity index (χ0v) is 28.3. The molecule has 13 heteroatoms. The lowest BCUT2D eigenvalue weighted by atomic mass is 9.86. The summed E-state index contributed by atoms with van der Waals surface area (Å²) in [6.07, 6.45) is -4.98. The maximum absolute atomic E-state index is 15.3. The third-order valence-corrected chi connectivity index (χ3v) is 8.81. The van der Waals surface area contributed by atoms with Crippen molar-refractivity contribution in [1.29, 1.82) is 0 Å². The number of nitrogens with one attached hydrogen (secondary N) is 1. The molecular weight excluding hydrogens is 652 g/mol. The minimum Gasteiger partial charge on any atom is -0.481 e. The van der Waals surface area contributed by atoms with Gasteiger partial charge in [-0.25, -0.2) is 13.2 Å². The number of carboxylic acids is 1. The second kappa shape index (κ2) is 14.4. The van der Waals surface area contributed by atoms with Gasteiger partial charge >= 0.3 is 12.1 Å². The molecule has 0 bridgehead atoms. The van der Waals surface area contributed by atoms with Crippen LogP contribution in [0.4, 0.5) is 26.3 Å². The number of nitrogens with zero attached hydrogens (tertiary/aromatic N) is 2. The Morgan fingerprint density at radius 2 is 1.69 bits per heavy atom. The number of fused-ring (bicyclic) bond motifs is 1. The normalized spacial score (nSPS) is 15.4. The van der Waals surface area contributed by atoms with Crippen LogP contribution in [0.3, 0.4) is 0 Å². The third kappa shape index (κ3) is 8.55. The van der Waals surface area contributed by atoms with Crippen LogP contribution in [0.1, 0.15) is 84.1 Å². The van der Waals surface area contributed by atoms with E-state index >= 15 is 8.78 Å². The Labute approximate surface area is 280 Å². The zero-order valence-electron chi connectivity index (χ0n) is 28.3. The maximum Gasteiger partial charge on any atom is 0.416 e. The molecule has 2 N–H and O–H groups in total. The highest BCUT2D eigenvalue weighted by Crippen LogP contribution is 2.49. The van der Waals surface area contributed by atoms with Crippen molar-refractivity contribution >= 4 is 11.9 Å². The summed E-state index contributed by atoms with van der Waals surface area (Å²) < 4.78 is 87.6. The number of halogens is 6. The van der Waals surface area contributed by atoms with Gasteiger partial charge in [-0.2, -0.15) is 13.2 Å². The highest BCUT2D eigenvalue weighted by molar-refractivity contribution is 5.82. The molecule has 2 unspecified atom stereocenters. The van der Waals surface area contributed by atoms with E-state index in [0.29, 0.717) is 22.8 Å². The minimum absolute atomic E-state index is 0.0250. The number of benzene rings is 2. The Kier molecular flexibility index (Phi) is 11.1. The van der Waals surface area contributed by atoms with Crippen molar-refractivity contribution in [3.8, 4) is 11.1 Å². The van der Waals surface area contributed by atoms with Crippen molar-refractivity contribution in [3.05, 3.63) is 91.6 Å². The lowest BCUT2D eigenvalue weighted by Gasteiger charge is -2.27. The number of likely N-dealkylation sites (N-methyl/N-ethyl adjacent to an activating group) is 1. The van der Waals surface area contributed by atoms with Gasteiger partial charge in [-0.15, -0.1) is 0 Å². The van der Waals surface area contributed by atoms with E-state index in [1.165, 1.54) is 24.3 Å². The number of aromatic nitrogens is 1. The monoisotopic (exact) mass is 693 g/mol. The van der Waals surface area contributed by atoms with Crippen molar-refractivity contribution in [2.24, 2.45) is 5.92 Å². The Balaban J connectivity index is 1.85. The molecule has 1 aromatic heterocycles. The average molecular weight is 694 g/mol. The molecule has 49 heavy (non-hydrogen) atoms. The van der Waals surface area contributed by atoms with E-state index in [4.69, 9.17) is 0 Å². The fourth-order valence-electron chi connectivity index (χ4n) is 6.64. The van der Waals surface area contributed by atoms with Gasteiger partial charge < -0.3 is 19.9 Å². The zero-order chi connectivity index (χ0) is 36.6. The SMILES string of the molecule is Cc1cc(F)cc(C)c1-c1cc(C(CC(=O)O)NC(=O)C(CC(C)C)n2cc(CCN(C)C)c(C(F)(F)F)cc2=O)cc2c1C(F)(F)CC2. The number of amides is 1. The highest BCUT2D eigenvalue weighted by Gasteiger charge is 2.43. The van der Waals surface area contributed by atoms with Crippen LogP contribution in [0.15, 0.2) is 41.3 Å². The molecule has 3 aromatic rings. The molecule has 1 amide bonds. The van der Waals surface area contributed by atoms with E-state index in [2.05, 4.69) is 5.32 Å². The van der Waals surface area contributed by atoms with Gasteiger partial charge in [0.2, 0.25) is 5.91 Å². The molecule has 0 radical (unpaired) electrons. The lowest BCUT2D eigenvalue weighted by molar-refractivity contribution is -0.139. The van der Waals surface area contributed by atoms with Gasteiger partial charge in [0, 0.05) is 30.8 Å². The lowest BCUT2D eigenvalue weighted by Crippen LogP contribution is -2.40. The number of carboxylic acid groups (broad SMARTS) is 1. The van der Waals surface area contributed by atoms with Crippen molar-refractivity contribution in [1.82, 2.24) is 14.8 Å². The number of carbonyl (C=O) groups is 2. The topological polar surface area (TPSA) is 91.6 Å². The van der Waals surface area contributed by atoms with E-state index in [9.17, 15) is 37.1 Å². The van der Waals surface area contributed by atoms with Gasteiger partial charge in [-0.1, -0.05) is 19.9 Å². The standard InChI is InChI=1S/C36H41F6N3O4/c1-19(2)11-29(45-18-23(8-10-44(5)6)27(16-30(45)46)36(40,41)42)34(49)43-28(17-31(47)48)24-14-22-7-9-35(38,39)33(22)26(15-24)32-20(3)12-25(37)13-21(32)4/h12-16,18-19,28-29H,7-11,17H2,1-6H3,(H,43,49)(H,47,48). The van der Waals surface area contributed by atoms with E-state index in [0.717, 1.165) is 10.8 Å². The highest BCUT2D eigenvalue weighted by atomic mass is 19.4. The van der Waals surface area contributed by atoms with E-state index in [1.54, 1.807) is 46.7 Å². The molecule has 7 nitrogen and oxygen atoms in total. The molecule has 2 atom stereocenters. The summed E-state index contributed by atoms with van der Waals surface area (Å²) >= 11 is 0. The molecular formula is C36H41F6N3O4. The summed E-state index contributed by atoms with van der Waals surface area (Å²) in [7, 11) is 3.37. The molecule has 2 aromatic carbocycles. The number of hydrogen-bond acceptors (Lipinski definition) is 4. The van der Waals surface area contributed by atoms with E-state index in [-0.39, 0.29) is 59.5 Å². The Hall–Kier alpha value is -4.13. The molecule has 266 valence electrons. The first-order valence-electron chi connectivity index (χ1n) is 16.0. The Morgan fingerprint density at radius 1 is 1.06 bits per heavy atom. The number of hydrogen-bond donors (Lipinski definition) is 2. The van der Waals surface area contributed by atoms with Crippen LogP contribution in [0, 0.1) is 25.6 Å². The largest absolute Gasteiger partial charge is 0.481 e. The molecule has 1 aliphatic carbocycles. The molecule has 0 aliphatic heterocycles. The third-order valence-electron chi connectivity index (χ3n) is 8.81. The second-order valence-corrected chi connectivity index (χ2v) is 13.5. The van der Waals surface area contributed by atoms with Crippen LogP contribution in [0.25, 0.3) is 11.1 Å². The summed E-state index contributed by atoms with van der Waals surface area (Å²) in [5.74, 6) is -6.11. The van der Waals surface area contributed by atoms with E-state index in [1.807, 2.05) is 0 Å². The maximum atomic E-state index is 15.3. The van der Waals surface area contributed by atoms with Crippen LogP contribution in [0.2, 0.25) is 0 Å². The first-order valence-corrected chi connectivity index (χ1v) is 16.0. The fraction of sp³-hybridized carbons (Fsp3) is 0.472. The first kappa shape index (κ1) is 37.7. The summed E-state index contributed by atoms with van der Waals surface area (Å²) in [6, 6.07) is 3.15. The molecule has 0 saturated heterocycles. The predicted octanol–water partition coefficient (Wildman–Crippen LogP) is 7.35. The van der Waals surface area contributed by atoms with Crippen LogP contribution < -0.4 is 10.9 Å². The molecule has 4 rings (SSSR count). The second-order valence-electron chi connectivity index (χ2n) is 13.5. The van der Waals surface area contributed by atoms with Gasteiger partial charge in [0.15, 0.2) is 0 Å².